The van der Waals surface area contributed by atoms with Gasteiger partial charge in [-0.3, -0.25) is 4.79 Å². The first-order chi connectivity index (χ1) is 15.8. The van der Waals surface area contributed by atoms with Gasteiger partial charge in [-0.1, -0.05) is 45.3 Å². The number of benzene rings is 1. The van der Waals surface area contributed by atoms with Crippen LogP contribution in [0.25, 0.3) is 0 Å². The van der Waals surface area contributed by atoms with Crippen LogP contribution in [-0.2, 0) is 13.0 Å². The molecule has 180 valence electrons. The van der Waals surface area contributed by atoms with Gasteiger partial charge in [-0.15, -0.1) is 0 Å². The molecule has 7 heteroatoms. The van der Waals surface area contributed by atoms with E-state index in [0.717, 1.165) is 55.0 Å². The number of allylic oxidation sites excluding steroid dienone is 1. The Kier molecular flexibility index (Phi) is 9.01. The third-order valence-corrected chi connectivity index (χ3v) is 6.96. The number of carbonyl (C=O) groups is 1. The predicted molar refractivity (Wildman–Crippen MR) is 138 cm³/mol. The summed E-state index contributed by atoms with van der Waals surface area (Å²) in [5.41, 5.74) is 3.19. The molecule has 1 aromatic carbocycles. The van der Waals surface area contributed by atoms with E-state index in [-0.39, 0.29) is 11.7 Å². The molecule has 2 aromatic rings. The van der Waals surface area contributed by atoms with Crippen LogP contribution in [0.15, 0.2) is 34.9 Å². The maximum atomic E-state index is 13.8. The topological polar surface area (TPSA) is 70.4 Å². The number of aryl methyl sites for hydroxylation is 1. The number of anilines is 1. The molecule has 0 unspecified atom stereocenters. The number of nitrogens with one attached hydrogen (secondary N) is 1. The fourth-order valence-corrected chi connectivity index (χ4v) is 4.93. The lowest BCUT2D eigenvalue weighted by Crippen LogP contribution is -2.32. The van der Waals surface area contributed by atoms with E-state index in [1.54, 1.807) is 11.0 Å². The highest BCUT2D eigenvalue weighted by molar-refractivity contribution is 9.10. The zero-order valence-corrected chi connectivity index (χ0v) is 21.7. The SMILES string of the molecule is C=C(C)N(CC)C(=O)c1c(CCCC)nc(NC2CCCCC2)n1Cc1ccc(O)c(Br)c1. The highest BCUT2D eigenvalue weighted by Crippen LogP contribution is 2.29. The number of rotatable bonds is 10. The Morgan fingerprint density at radius 1 is 1.30 bits per heavy atom. The van der Waals surface area contributed by atoms with Crippen LogP contribution in [0, 0.1) is 0 Å². The van der Waals surface area contributed by atoms with Gasteiger partial charge in [-0.05, 0) is 73.2 Å². The number of aromatic nitrogens is 2. The van der Waals surface area contributed by atoms with Gasteiger partial charge in [0.25, 0.3) is 5.91 Å². The summed E-state index contributed by atoms with van der Waals surface area (Å²) in [4.78, 5) is 20.5. The second kappa shape index (κ2) is 11.7. The Morgan fingerprint density at radius 2 is 2.03 bits per heavy atom. The maximum Gasteiger partial charge on any atom is 0.276 e. The van der Waals surface area contributed by atoms with Gasteiger partial charge >= 0.3 is 0 Å². The van der Waals surface area contributed by atoms with Gasteiger partial charge in [0.15, 0.2) is 0 Å². The molecular formula is C26H37BrN4O2. The van der Waals surface area contributed by atoms with Gasteiger partial charge in [0.2, 0.25) is 5.95 Å². The largest absolute Gasteiger partial charge is 0.507 e. The number of halogens is 1. The molecule has 1 aliphatic carbocycles. The zero-order valence-electron chi connectivity index (χ0n) is 20.2. The van der Waals surface area contributed by atoms with Gasteiger partial charge in [0, 0.05) is 18.3 Å². The van der Waals surface area contributed by atoms with Crippen LogP contribution >= 0.6 is 15.9 Å². The normalized spacial score (nSPS) is 14.3. The summed E-state index contributed by atoms with van der Waals surface area (Å²) in [7, 11) is 0. The van der Waals surface area contributed by atoms with Crippen molar-refractivity contribution in [2.24, 2.45) is 0 Å². The van der Waals surface area contributed by atoms with E-state index < -0.39 is 0 Å². The number of aromatic hydroxyl groups is 1. The smallest absolute Gasteiger partial charge is 0.276 e. The molecule has 1 aliphatic rings. The average Bonchev–Trinajstić information content (AvgIpc) is 3.12. The average molecular weight is 518 g/mol. The fourth-order valence-electron chi connectivity index (χ4n) is 4.50. The first kappa shape index (κ1) is 25.3. The molecule has 0 radical (unpaired) electrons. The molecule has 2 N–H and O–H groups in total. The van der Waals surface area contributed by atoms with Gasteiger partial charge in [0.05, 0.1) is 16.7 Å². The van der Waals surface area contributed by atoms with Crippen molar-refractivity contribution in [1.29, 1.82) is 0 Å². The van der Waals surface area contributed by atoms with Gasteiger partial charge in [-0.25, -0.2) is 4.98 Å². The first-order valence-electron chi connectivity index (χ1n) is 12.2. The van der Waals surface area contributed by atoms with Crippen molar-refractivity contribution in [3.05, 3.63) is 51.9 Å². The van der Waals surface area contributed by atoms with Crippen LogP contribution in [0.3, 0.4) is 0 Å². The Labute approximate surface area is 206 Å². The van der Waals surface area contributed by atoms with Crippen LogP contribution in [0.4, 0.5) is 5.95 Å². The van der Waals surface area contributed by atoms with Crippen LogP contribution in [0.5, 0.6) is 5.75 Å². The summed E-state index contributed by atoms with van der Waals surface area (Å²) >= 11 is 3.42. The minimum atomic E-state index is -0.0573. The molecule has 33 heavy (non-hydrogen) atoms. The number of imidazole rings is 1. The van der Waals surface area contributed by atoms with E-state index in [2.05, 4.69) is 34.7 Å². The Hall–Kier alpha value is -2.28. The Bertz CT molecular complexity index is 979. The maximum absolute atomic E-state index is 13.8. The number of hydrogen-bond donors (Lipinski definition) is 2. The second-order valence-electron chi connectivity index (χ2n) is 8.97. The third kappa shape index (κ3) is 6.19. The zero-order chi connectivity index (χ0) is 24.0. The molecule has 1 fully saturated rings. The first-order valence-corrected chi connectivity index (χ1v) is 13.0. The van der Waals surface area contributed by atoms with Crippen molar-refractivity contribution in [2.75, 3.05) is 11.9 Å². The molecule has 0 saturated heterocycles. The monoisotopic (exact) mass is 516 g/mol. The van der Waals surface area contributed by atoms with E-state index in [9.17, 15) is 9.90 Å². The summed E-state index contributed by atoms with van der Waals surface area (Å²) in [5, 5.41) is 13.6. The molecule has 1 aromatic heterocycles. The second-order valence-corrected chi connectivity index (χ2v) is 9.82. The van der Waals surface area contributed by atoms with E-state index in [0.29, 0.717) is 29.3 Å². The van der Waals surface area contributed by atoms with Crippen molar-refractivity contribution in [3.8, 4) is 5.75 Å². The molecule has 1 saturated carbocycles. The molecule has 0 bridgehead atoms. The van der Waals surface area contributed by atoms with Gasteiger partial charge < -0.3 is 19.9 Å². The Balaban J connectivity index is 2.09. The third-order valence-electron chi connectivity index (χ3n) is 6.32. The molecule has 1 amide bonds. The lowest BCUT2D eigenvalue weighted by Gasteiger charge is -2.25. The van der Waals surface area contributed by atoms with Crippen LogP contribution in [0.2, 0.25) is 0 Å². The molecule has 3 rings (SSSR count). The number of phenols is 1. The van der Waals surface area contributed by atoms with Crippen LogP contribution in [0.1, 0.15) is 87.5 Å². The molecular weight excluding hydrogens is 480 g/mol. The lowest BCUT2D eigenvalue weighted by atomic mass is 9.96. The number of hydrogen-bond acceptors (Lipinski definition) is 4. The number of carbonyl (C=O) groups excluding carboxylic acids is 1. The number of nitrogens with zero attached hydrogens (tertiary/aromatic N) is 3. The van der Waals surface area contributed by atoms with Crippen LogP contribution in [-0.4, -0.2) is 38.1 Å². The minimum absolute atomic E-state index is 0.0573. The Morgan fingerprint density at radius 3 is 2.64 bits per heavy atom. The summed E-state index contributed by atoms with van der Waals surface area (Å²) in [6, 6.07) is 5.84. The molecule has 0 atom stereocenters. The van der Waals surface area contributed by atoms with Crippen molar-refractivity contribution in [3.63, 3.8) is 0 Å². The number of unbranched alkanes of at least 4 members (excludes halogenated alkanes) is 1. The molecule has 0 spiro atoms. The van der Waals surface area contributed by atoms with E-state index in [1.807, 2.05) is 30.5 Å². The lowest BCUT2D eigenvalue weighted by molar-refractivity contribution is 0.0802. The molecule has 6 nitrogen and oxygen atoms in total. The molecule has 1 heterocycles. The summed E-state index contributed by atoms with van der Waals surface area (Å²) < 4.78 is 2.67. The number of phenolic OH excluding ortho intramolecular Hbond substituents is 1. The number of amides is 1. The van der Waals surface area contributed by atoms with Gasteiger partial charge in [0.1, 0.15) is 11.4 Å². The van der Waals surface area contributed by atoms with Gasteiger partial charge in [-0.2, -0.15) is 0 Å². The van der Waals surface area contributed by atoms with Crippen molar-refractivity contribution >= 4 is 27.8 Å². The highest BCUT2D eigenvalue weighted by atomic mass is 79.9. The fraction of sp³-hybridized carbons (Fsp3) is 0.538. The van der Waals surface area contributed by atoms with Crippen molar-refractivity contribution in [2.45, 2.75) is 84.7 Å². The summed E-state index contributed by atoms with van der Waals surface area (Å²) in [6.07, 6.45) is 8.74. The van der Waals surface area contributed by atoms with Crippen molar-refractivity contribution in [1.82, 2.24) is 14.5 Å². The quantitative estimate of drug-likeness (QED) is 0.378. The van der Waals surface area contributed by atoms with E-state index in [4.69, 9.17) is 4.98 Å². The standard InChI is InChI=1S/C26H37BrN4O2/c1-5-7-13-22-24(25(33)30(6-2)18(3)4)31(17-19-14-15-23(32)21(27)16-19)26(29-22)28-20-11-9-8-10-12-20/h14-16,20,32H,3,5-13,17H2,1-2,4H3,(H,28,29). The highest BCUT2D eigenvalue weighted by Gasteiger charge is 2.28. The van der Waals surface area contributed by atoms with E-state index in [1.165, 1.54) is 19.3 Å². The minimum Gasteiger partial charge on any atom is -0.507 e. The summed E-state index contributed by atoms with van der Waals surface area (Å²) in [5.74, 6) is 0.903. The summed E-state index contributed by atoms with van der Waals surface area (Å²) in [6.45, 7) is 11.1. The van der Waals surface area contributed by atoms with Crippen LogP contribution < -0.4 is 5.32 Å². The molecule has 0 aliphatic heterocycles. The predicted octanol–water partition coefficient (Wildman–Crippen LogP) is 6.48. The van der Waals surface area contributed by atoms with E-state index >= 15 is 0 Å². The van der Waals surface area contributed by atoms with Crippen molar-refractivity contribution < 1.29 is 9.90 Å².